The fourth-order valence-electron chi connectivity index (χ4n) is 2.47. The average molecular weight is 419 g/mol. The molecule has 0 aromatic heterocycles. The Balaban J connectivity index is 2.40. The smallest absolute Gasteiger partial charge is 0.248 e. The van der Waals surface area contributed by atoms with Gasteiger partial charge in [0.2, 0.25) is 15.9 Å². The maximum Gasteiger partial charge on any atom is 0.248 e. The number of nitrogens with zero attached hydrogens (tertiary/aromatic N) is 1. The molecular formula is C17H17Cl2FN2O3S. The molecule has 140 valence electrons. The van der Waals surface area contributed by atoms with Gasteiger partial charge in [-0.25, -0.2) is 12.8 Å². The van der Waals surface area contributed by atoms with E-state index >= 15 is 0 Å². The summed E-state index contributed by atoms with van der Waals surface area (Å²) < 4.78 is 39.0. The molecule has 2 aromatic carbocycles. The van der Waals surface area contributed by atoms with Crippen molar-refractivity contribution < 1.29 is 17.6 Å². The van der Waals surface area contributed by atoms with Crippen molar-refractivity contribution in [2.75, 3.05) is 15.9 Å². The van der Waals surface area contributed by atoms with Crippen LogP contribution in [0.4, 0.5) is 15.8 Å². The maximum atomic E-state index is 13.4. The summed E-state index contributed by atoms with van der Waals surface area (Å²) in [5.74, 6) is -1.22. The second kappa shape index (κ2) is 8.24. The fourth-order valence-corrected chi connectivity index (χ4v) is 4.04. The lowest BCUT2D eigenvalue weighted by atomic mass is 10.1. The van der Waals surface area contributed by atoms with Gasteiger partial charge in [-0.15, -0.1) is 0 Å². The number of sulfonamides is 1. The summed E-state index contributed by atoms with van der Waals surface area (Å²) in [5, 5.41) is 2.84. The van der Waals surface area contributed by atoms with Crippen LogP contribution in [0.15, 0.2) is 42.5 Å². The first-order valence-corrected chi connectivity index (χ1v) is 10.2. The van der Waals surface area contributed by atoms with Gasteiger partial charge in [-0.1, -0.05) is 36.2 Å². The van der Waals surface area contributed by atoms with Crippen LogP contribution in [0.1, 0.15) is 13.3 Å². The third kappa shape index (κ3) is 4.87. The van der Waals surface area contributed by atoms with E-state index in [0.29, 0.717) is 10.7 Å². The molecule has 1 amide bonds. The van der Waals surface area contributed by atoms with E-state index in [1.54, 1.807) is 31.2 Å². The minimum Gasteiger partial charge on any atom is -0.324 e. The van der Waals surface area contributed by atoms with Crippen LogP contribution in [-0.4, -0.2) is 26.6 Å². The molecule has 0 aliphatic carbocycles. The van der Waals surface area contributed by atoms with E-state index in [1.807, 2.05) is 0 Å². The van der Waals surface area contributed by atoms with Crippen molar-refractivity contribution >= 4 is 50.5 Å². The molecule has 0 radical (unpaired) electrons. The molecule has 0 fully saturated rings. The Morgan fingerprint density at radius 1 is 1.23 bits per heavy atom. The van der Waals surface area contributed by atoms with Gasteiger partial charge in [0.1, 0.15) is 11.9 Å². The number of nitrogens with one attached hydrogen (secondary N) is 1. The highest BCUT2D eigenvalue weighted by atomic mass is 35.5. The van der Waals surface area contributed by atoms with Gasteiger partial charge in [0, 0.05) is 10.7 Å². The van der Waals surface area contributed by atoms with Crippen LogP contribution in [0.5, 0.6) is 0 Å². The summed E-state index contributed by atoms with van der Waals surface area (Å²) in [6.07, 6.45) is 1.16. The largest absolute Gasteiger partial charge is 0.324 e. The number of rotatable bonds is 6. The topological polar surface area (TPSA) is 66.5 Å². The van der Waals surface area contributed by atoms with Gasteiger partial charge >= 0.3 is 0 Å². The summed E-state index contributed by atoms with van der Waals surface area (Å²) in [6.45, 7) is 1.67. The number of anilines is 2. The standard InChI is InChI=1S/C17H17Cl2FN2O3S/c1-3-16(17(23)21-12-6-4-5-11(18)9-12)22(26(2,24)25)13-7-8-15(20)14(19)10-13/h4-10,16H,3H2,1-2H3,(H,21,23)/t16-/m0/s1. The first kappa shape index (κ1) is 20.5. The number of carbonyl (C=O) groups is 1. The first-order chi connectivity index (χ1) is 12.1. The van der Waals surface area contributed by atoms with Crippen molar-refractivity contribution in [1.82, 2.24) is 0 Å². The quantitative estimate of drug-likeness (QED) is 0.759. The van der Waals surface area contributed by atoms with Crippen LogP contribution in [0, 0.1) is 5.82 Å². The molecule has 0 saturated carbocycles. The zero-order valence-corrected chi connectivity index (χ0v) is 16.4. The van der Waals surface area contributed by atoms with Crippen molar-refractivity contribution in [3.8, 4) is 0 Å². The highest BCUT2D eigenvalue weighted by Gasteiger charge is 2.32. The Morgan fingerprint density at radius 3 is 2.46 bits per heavy atom. The number of hydrogen-bond donors (Lipinski definition) is 1. The highest BCUT2D eigenvalue weighted by molar-refractivity contribution is 7.92. The van der Waals surface area contributed by atoms with Gasteiger partial charge in [0.25, 0.3) is 0 Å². The van der Waals surface area contributed by atoms with Crippen molar-refractivity contribution in [1.29, 1.82) is 0 Å². The molecule has 0 bridgehead atoms. The number of halogens is 3. The second-order valence-electron chi connectivity index (χ2n) is 5.58. The van der Waals surface area contributed by atoms with E-state index in [1.165, 1.54) is 12.1 Å². The van der Waals surface area contributed by atoms with Gasteiger partial charge in [-0.05, 0) is 42.8 Å². The number of amides is 1. The summed E-state index contributed by atoms with van der Waals surface area (Å²) in [5.41, 5.74) is 0.540. The highest BCUT2D eigenvalue weighted by Crippen LogP contribution is 2.28. The van der Waals surface area contributed by atoms with E-state index in [0.717, 1.165) is 16.6 Å². The van der Waals surface area contributed by atoms with E-state index in [9.17, 15) is 17.6 Å². The van der Waals surface area contributed by atoms with Crippen molar-refractivity contribution in [2.24, 2.45) is 0 Å². The van der Waals surface area contributed by atoms with Crippen molar-refractivity contribution in [3.63, 3.8) is 0 Å². The molecular weight excluding hydrogens is 402 g/mol. The molecule has 0 aliphatic rings. The zero-order valence-electron chi connectivity index (χ0n) is 14.0. The summed E-state index contributed by atoms with van der Waals surface area (Å²) in [7, 11) is -3.84. The third-order valence-corrected chi connectivity index (χ3v) is 5.28. The fraction of sp³-hybridized carbons (Fsp3) is 0.235. The lowest BCUT2D eigenvalue weighted by Gasteiger charge is -2.30. The predicted molar refractivity (Wildman–Crippen MR) is 103 cm³/mol. The Morgan fingerprint density at radius 2 is 1.92 bits per heavy atom. The molecule has 9 heteroatoms. The molecule has 0 heterocycles. The minimum absolute atomic E-state index is 0.104. The van der Waals surface area contributed by atoms with Gasteiger partial charge in [0.15, 0.2) is 0 Å². The molecule has 0 spiro atoms. The molecule has 2 rings (SSSR count). The lowest BCUT2D eigenvalue weighted by Crippen LogP contribution is -2.47. The second-order valence-corrected chi connectivity index (χ2v) is 8.28. The van der Waals surface area contributed by atoms with E-state index in [4.69, 9.17) is 23.2 Å². The number of benzene rings is 2. The van der Waals surface area contributed by atoms with Crippen LogP contribution in [-0.2, 0) is 14.8 Å². The molecule has 0 unspecified atom stereocenters. The summed E-state index contributed by atoms with van der Waals surface area (Å²) in [6, 6.07) is 8.93. The average Bonchev–Trinajstić information content (AvgIpc) is 2.54. The summed E-state index contributed by atoms with van der Waals surface area (Å²) >= 11 is 11.7. The van der Waals surface area contributed by atoms with E-state index in [2.05, 4.69) is 5.32 Å². The molecule has 0 aliphatic heterocycles. The molecule has 2 aromatic rings. The van der Waals surface area contributed by atoms with Crippen LogP contribution >= 0.6 is 23.2 Å². The van der Waals surface area contributed by atoms with Gasteiger partial charge in [-0.3, -0.25) is 9.10 Å². The Bertz CT molecular complexity index is 922. The Kier molecular flexibility index (Phi) is 6.49. The molecule has 5 nitrogen and oxygen atoms in total. The summed E-state index contributed by atoms with van der Waals surface area (Å²) in [4.78, 5) is 12.7. The van der Waals surface area contributed by atoms with Gasteiger partial charge in [-0.2, -0.15) is 0 Å². The molecule has 26 heavy (non-hydrogen) atoms. The molecule has 0 saturated heterocycles. The first-order valence-electron chi connectivity index (χ1n) is 7.64. The number of carbonyl (C=O) groups excluding carboxylic acids is 1. The van der Waals surface area contributed by atoms with E-state index in [-0.39, 0.29) is 17.1 Å². The van der Waals surface area contributed by atoms with Crippen molar-refractivity contribution in [3.05, 3.63) is 58.3 Å². The monoisotopic (exact) mass is 418 g/mol. The molecule has 1 atom stereocenters. The van der Waals surface area contributed by atoms with Crippen LogP contribution in [0.3, 0.4) is 0 Å². The van der Waals surface area contributed by atoms with Crippen molar-refractivity contribution in [2.45, 2.75) is 19.4 Å². The Hall–Kier alpha value is -1.83. The van der Waals surface area contributed by atoms with Crippen LogP contribution < -0.4 is 9.62 Å². The normalized spacial score (nSPS) is 12.5. The lowest BCUT2D eigenvalue weighted by molar-refractivity contribution is -0.117. The Labute approximate surface area is 161 Å². The minimum atomic E-state index is -3.84. The SMILES string of the molecule is CC[C@@H](C(=O)Nc1cccc(Cl)c1)N(c1ccc(F)c(Cl)c1)S(C)(=O)=O. The third-order valence-electron chi connectivity index (χ3n) is 3.58. The van der Waals surface area contributed by atoms with Gasteiger partial charge in [0.05, 0.1) is 17.0 Å². The predicted octanol–water partition coefficient (Wildman–Crippen LogP) is 4.32. The van der Waals surface area contributed by atoms with Crippen LogP contribution in [0.25, 0.3) is 0 Å². The number of hydrogen-bond acceptors (Lipinski definition) is 3. The molecule has 1 N–H and O–H groups in total. The van der Waals surface area contributed by atoms with Crippen LogP contribution in [0.2, 0.25) is 10.0 Å². The van der Waals surface area contributed by atoms with Gasteiger partial charge < -0.3 is 5.32 Å². The maximum absolute atomic E-state index is 13.4. The zero-order chi connectivity index (χ0) is 19.5. The van der Waals surface area contributed by atoms with E-state index < -0.39 is 27.8 Å².